The third kappa shape index (κ3) is 5.60. The number of rotatable bonds is 5. The molecule has 0 atom stereocenters. The van der Waals surface area contributed by atoms with Crippen LogP contribution in [0, 0.1) is 0 Å². The molecular weight excluding hydrogens is 382 g/mol. The second-order valence-corrected chi connectivity index (χ2v) is 7.59. The van der Waals surface area contributed by atoms with E-state index < -0.39 is 5.91 Å². The molecule has 2 aromatic rings. The van der Waals surface area contributed by atoms with E-state index in [9.17, 15) is 9.59 Å². The lowest BCUT2D eigenvalue weighted by molar-refractivity contribution is -0.118. The molecule has 30 heavy (non-hydrogen) atoms. The van der Waals surface area contributed by atoms with Gasteiger partial charge in [-0.15, -0.1) is 0 Å². The minimum absolute atomic E-state index is 0.0616. The summed E-state index contributed by atoms with van der Waals surface area (Å²) in [6, 6.07) is 11.7. The van der Waals surface area contributed by atoms with Gasteiger partial charge in [-0.05, 0) is 24.8 Å². The van der Waals surface area contributed by atoms with Gasteiger partial charge >= 0.3 is 0 Å². The molecule has 2 aliphatic rings. The number of nitrogens with zero attached hydrogens (tertiary/aromatic N) is 4. The number of hydrogen-bond donors (Lipinski definition) is 3. The minimum Gasteiger partial charge on any atom is -0.393 e. The molecule has 0 saturated heterocycles. The maximum Gasteiger partial charge on any atom is 0.266 e. The van der Waals surface area contributed by atoms with E-state index in [0.29, 0.717) is 18.9 Å². The van der Waals surface area contributed by atoms with Gasteiger partial charge in [0.05, 0.1) is 12.2 Å². The quantitative estimate of drug-likeness (QED) is 0.384. The number of carbonyl (C=O) groups is 2. The summed E-state index contributed by atoms with van der Waals surface area (Å²) in [6.45, 7) is 1.34. The molecule has 6 N–H and O–H groups in total. The van der Waals surface area contributed by atoms with E-state index in [1.54, 1.807) is 4.90 Å². The molecule has 160 valence electrons. The predicted molar refractivity (Wildman–Crippen MR) is 114 cm³/mol. The van der Waals surface area contributed by atoms with E-state index in [0.717, 1.165) is 24.3 Å². The Morgan fingerprint density at radius 1 is 1.27 bits per heavy atom. The summed E-state index contributed by atoms with van der Waals surface area (Å²) >= 11 is 0. The van der Waals surface area contributed by atoms with E-state index in [2.05, 4.69) is 11.2 Å². The summed E-state index contributed by atoms with van der Waals surface area (Å²) in [7, 11) is 1.85. The number of hydrogen-bond acceptors (Lipinski definition) is 6. The molecule has 1 fully saturated rings. The highest BCUT2D eigenvalue weighted by Gasteiger charge is 2.29. The normalized spacial score (nSPS) is 16.3. The van der Waals surface area contributed by atoms with Crippen molar-refractivity contribution in [2.24, 2.45) is 17.3 Å². The largest absolute Gasteiger partial charge is 0.393 e. The standard InChI is InChI=1S/C11H15N3O.C10H14N4O/c1-13-10-7-9(8-4-5-8)12-14(10)6-2-3-11(13)15;11-9(10(12)15)7-14(13)6-8-4-2-1-3-5-8/h7-8H,2-6H2,1H3;1-5,7H,6,11,13H2,(H2,12,15)/b;9-7-. The van der Waals surface area contributed by atoms with Gasteiger partial charge in [0.2, 0.25) is 5.91 Å². The third-order valence-electron chi connectivity index (χ3n) is 5.05. The van der Waals surface area contributed by atoms with Crippen molar-refractivity contribution in [3.8, 4) is 0 Å². The Morgan fingerprint density at radius 3 is 2.60 bits per heavy atom. The van der Waals surface area contributed by atoms with Gasteiger partial charge < -0.3 is 21.4 Å². The maximum atomic E-state index is 11.7. The van der Waals surface area contributed by atoms with Gasteiger partial charge in [0.25, 0.3) is 5.91 Å². The van der Waals surface area contributed by atoms with Crippen molar-refractivity contribution in [1.82, 2.24) is 14.8 Å². The Bertz CT molecular complexity index is 919. The Morgan fingerprint density at radius 2 is 1.97 bits per heavy atom. The zero-order valence-corrected chi connectivity index (χ0v) is 17.2. The third-order valence-corrected chi connectivity index (χ3v) is 5.05. The lowest BCUT2D eigenvalue weighted by atomic mass is 10.2. The van der Waals surface area contributed by atoms with Crippen molar-refractivity contribution in [3.05, 3.63) is 59.6 Å². The van der Waals surface area contributed by atoms with Crippen LogP contribution in [0.1, 0.15) is 42.9 Å². The Kier molecular flexibility index (Phi) is 6.73. The summed E-state index contributed by atoms with van der Waals surface area (Å²) in [5.74, 6) is 6.77. The van der Waals surface area contributed by atoms with Crippen molar-refractivity contribution in [1.29, 1.82) is 0 Å². The highest BCUT2D eigenvalue weighted by molar-refractivity contribution is 5.92. The summed E-state index contributed by atoms with van der Waals surface area (Å²) in [5, 5.41) is 5.90. The first-order valence-electron chi connectivity index (χ1n) is 10.0. The van der Waals surface area contributed by atoms with Crippen LogP contribution in [-0.2, 0) is 22.7 Å². The summed E-state index contributed by atoms with van der Waals surface area (Å²) in [6.07, 6.45) is 5.37. The van der Waals surface area contributed by atoms with Crippen LogP contribution in [0.15, 0.2) is 48.3 Å². The lowest BCUT2D eigenvalue weighted by Gasteiger charge is -2.13. The van der Waals surface area contributed by atoms with Crippen molar-refractivity contribution < 1.29 is 9.59 Å². The molecule has 1 saturated carbocycles. The first-order chi connectivity index (χ1) is 14.3. The Hall–Kier alpha value is -3.33. The van der Waals surface area contributed by atoms with Crippen LogP contribution in [0.5, 0.6) is 0 Å². The van der Waals surface area contributed by atoms with Gasteiger partial charge in [0.1, 0.15) is 11.5 Å². The summed E-state index contributed by atoms with van der Waals surface area (Å²) in [5.41, 5.74) is 12.4. The molecule has 1 aliphatic carbocycles. The van der Waals surface area contributed by atoms with Gasteiger partial charge in [-0.1, -0.05) is 30.3 Å². The summed E-state index contributed by atoms with van der Waals surface area (Å²) < 4.78 is 1.98. The molecule has 1 aliphatic heterocycles. The highest BCUT2D eigenvalue weighted by atomic mass is 16.2. The van der Waals surface area contributed by atoms with E-state index >= 15 is 0 Å². The molecule has 0 unspecified atom stereocenters. The number of benzene rings is 1. The van der Waals surface area contributed by atoms with Gasteiger partial charge in [-0.25, -0.2) is 10.5 Å². The average Bonchev–Trinajstić information content (AvgIpc) is 3.50. The number of primary amides is 1. The molecule has 2 amide bonds. The number of amides is 2. The monoisotopic (exact) mass is 411 g/mol. The fourth-order valence-electron chi connectivity index (χ4n) is 3.20. The molecule has 2 heterocycles. The molecule has 9 nitrogen and oxygen atoms in total. The van der Waals surface area contributed by atoms with Crippen LogP contribution < -0.4 is 22.2 Å². The van der Waals surface area contributed by atoms with Gasteiger partial charge in [-0.2, -0.15) is 5.10 Å². The van der Waals surface area contributed by atoms with Gasteiger partial charge in [0.15, 0.2) is 0 Å². The van der Waals surface area contributed by atoms with E-state index in [1.165, 1.54) is 29.7 Å². The second-order valence-electron chi connectivity index (χ2n) is 7.59. The van der Waals surface area contributed by atoms with Gasteiger partial charge in [-0.3, -0.25) is 9.59 Å². The molecule has 0 spiro atoms. The molecule has 9 heteroatoms. The van der Waals surface area contributed by atoms with E-state index in [-0.39, 0.29) is 11.6 Å². The smallest absolute Gasteiger partial charge is 0.266 e. The number of hydrazine groups is 1. The first-order valence-corrected chi connectivity index (χ1v) is 10.0. The Balaban J connectivity index is 0.000000171. The Labute approximate surface area is 176 Å². The van der Waals surface area contributed by atoms with Crippen molar-refractivity contribution >= 4 is 17.6 Å². The minimum atomic E-state index is -0.682. The maximum absolute atomic E-state index is 11.7. The fourth-order valence-corrected chi connectivity index (χ4v) is 3.20. The average molecular weight is 412 g/mol. The van der Waals surface area contributed by atoms with E-state index in [4.69, 9.17) is 17.3 Å². The van der Waals surface area contributed by atoms with Crippen LogP contribution in [0.2, 0.25) is 0 Å². The highest BCUT2D eigenvalue weighted by Crippen LogP contribution is 2.40. The van der Waals surface area contributed by atoms with Crippen molar-refractivity contribution in [2.75, 3.05) is 11.9 Å². The number of carbonyl (C=O) groups excluding carboxylic acids is 2. The SMILES string of the molecule is CN1C(=O)CCCn2nc(C3CC3)cc21.NC(=O)/C(N)=C/N(N)Cc1ccccc1. The van der Waals surface area contributed by atoms with Crippen LogP contribution in [0.4, 0.5) is 5.82 Å². The predicted octanol–water partition coefficient (Wildman–Crippen LogP) is 1.16. The first kappa shape index (κ1) is 21.4. The molecule has 1 aromatic heterocycles. The van der Waals surface area contributed by atoms with Crippen molar-refractivity contribution in [3.63, 3.8) is 0 Å². The van der Waals surface area contributed by atoms with Crippen LogP contribution in [0.3, 0.4) is 0 Å². The van der Waals surface area contributed by atoms with Gasteiger partial charge in [0, 0.05) is 38.2 Å². The van der Waals surface area contributed by atoms with Crippen LogP contribution in [-0.4, -0.2) is 33.7 Å². The summed E-state index contributed by atoms with van der Waals surface area (Å²) in [4.78, 5) is 24.0. The van der Waals surface area contributed by atoms with Crippen LogP contribution in [0.25, 0.3) is 0 Å². The molecule has 4 rings (SSSR count). The number of aromatic nitrogens is 2. The molecule has 0 radical (unpaired) electrons. The van der Waals surface area contributed by atoms with Crippen LogP contribution >= 0.6 is 0 Å². The number of aryl methyl sites for hydroxylation is 1. The van der Waals surface area contributed by atoms with E-state index in [1.807, 2.05) is 42.1 Å². The fraction of sp³-hybridized carbons (Fsp3) is 0.381. The number of anilines is 1. The zero-order chi connectivity index (χ0) is 21.7. The zero-order valence-electron chi connectivity index (χ0n) is 17.2. The molecule has 1 aromatic carbocycles. The topological polar surface area (TPSA) is 136 Å². The van der Waals surface area contributed by atoms with Crippen molar-refractivity contribution in [2.45, 2.75) is 44.7 Å². The molecule has 0 bridgehead atoms. The number of nitrogens with two attached hydrogens (primary N) is 3. The number of fused-ring (bicyclic) bond motifs is 1. The molecular formula is C21H29N7O2. The second kappa shape index (κ2) is 9.45. The lowest BCUT2D eigenvalue weighted by Crippen LogP contribution is -2.29.